The third kappa shape index (κ3) is 3.48. The lowest BCUT2D eigenvalue weighted by Crippen LogP contribution is -2.24. The van der Waals surface area contributed by atoms with E-state index >= 15 is 0 Å². The molecule has 2 nitrogen and oxygen atoms in total. The van der Waals surface area contributed by atoms with Crippen LogP contribution < -0.4 is 0 Å². The van der Waals surface area contributed by atoms with Crippen molar-refractivity contribution in [1.82, 2.24) is 10.2 Å². The summed E-state index contributed by atoms with van der Waals surface area (Å²) >= 11 is 0. The van der Waals surface area contributed by atoms with E-state index in [2.05, 4.69) is 31.0 Å². The second-order valence-corrected chi connectivity index (χ2v) is 5.07. The van der Waals surface area contributed by atoms with Crippen LogP contribution in [0.5, 0.6) is 0 Å². The lowest BCUT2D eigenvalue weighted by atomic mass is 9.77. The highest BCUT2D eigenvalue weighted by Gasteiger charge is 2.28. The maximum Gasteiger partial charge on any atom is 0.233 e. The molecule has 0 aliphatic rings. The summed E-state index contributed by atoms with van der Waals surface area (Å²) in [7, 11) is 0. The van der Waals surface area contributed by atoms with Crippen molar-refractivity contribution in [2.45, 2.75) is 65.2 Å². The van der Waals surface area contributed by atoms with Crippen molar-refractivity contribution in [3.05, 3.63) is 23.3 Å². The average molecular weight is 238 g/mol. The van der Waals surface area contributed by atoms with Crippen LogP contribution in [0.15, 0.2) is 6.07 Å². The first-order valence-corrected chi connectivity index (χ1v) is 6.53. The van der Waals surface area contributed by atoms with Crippen LogP contribution in [0.1, 0.15) is 64.1 Å². The minimum Gasteiger partial charge on any atom is -0.183 e. The Balaban J connectivity index is 2.90. The third-order valence-corrected chi connectivity index (χ3v) is 3.64. The van der Waals surface area contributed by atoms with Gasteiger partial charge in [-0.1, -0.05) is 40.0 Å². The molecule has 0 saturated heterocycles. The fraction of sp³-hybridized carbons (Fsp3) is 0.714. The van der Waals surface area contributed by atoms with Crippen LogP contribution in [0.25, 0.3) is 0 Å². The zero-order valence-corrected chi connectivity index (χ0v) is 11.4. The molecular weight excluding hydrogens is 215 g/mol. The van der Waals surface area contributed by atoms with E-state index in [1.54, 1.807) is 0 Å². The standard InChI is InChI=1S/C14H23FN2/c1-5-7-8-9-14(4,6-2)13-11(3)10-12(15)16-17-13/h10H,5-9H2,1-4H3. The molecular formula is C14H23FN2. The number of hydrogen-bond acceptors (Lipinski definition) is 2. The molecule has 1 rings (SSSR count). The second kappa shape index (κ2) is 6.08. The number of halogens is 1. The number of unbranched alkanes of at least 4 members (excludes halogenated alkanes) is 2. The monoisotopic (exact) mass is 238 g/mol. The van der Waals surface area contributed by atoms with Crippen LogP contribution in [0, 0.1) is 12.9 Å². The Bertz CT molecular complexity index is 365. The molecule has 0 saturated carbocycles. The lowest BCUT2D eigenvalue weighted by Gasteiger charge is -2.28. The highest BCUT2D eigenvalue weighted by Crippen LogP contribution is 2.33. The van der Waals surface area contributed by atoms with E-state index in [9.17, 15) is 4.39 Å². The van der Waals surface area contributed by atoms with Gasteiger partial charge in [-0.25, -0.2) is 0 Å². The van der Waals surface area contributed by atoms with E-state index in [-0.39, 0.29) is 5.41 Å². The minimum absolute atomic E-state index is 0.0277. The molecule has 0 fully saturated rings. The fourth-order valence-corrected chi connectivity index (χ4v) is 2.28. The van der Waals surface area contributed by atoms with Crippen molar-refractivity contribution < 1.29 is 4.39 Å². The summed E-state index contributed by atoms with van der Waals surface area (Å²) in [6.07, 6.45) is 5.76. The van der Waals surface area contributed by atoms with Crippen LogP contribution in [0.3, 0.4) is 0 Å². The smallest absolute Gasteiger partial charge is 0.183 e. The number of nitrogens with zero attached hydrogens (tertiary/aromatic N) is 2. The molecule has 0 aromatic carbocycles. The molecule has 1 atom stereocenters. The van der Waals surface area contributed by atoms with Gasteiger partial charge in [-0.3, -0.25) is 0 Å². The van der Waals surface area contributed by atoms with Crippen LogP contribution in [-0.4, -0.2) is 10.2 Å². The van der Waals surface area contributed by atoms with E-state index in [4.69, 9.17) is 0 Å². The molecule has 0 amide bonds. The van der Waals surface area contributed by atoms with E-state index < -0.39 is 5.95 Å². The molecule has 1 heterocycles. The molecule has 0 radical (unpaired) electrons. The SMILES string of the molecule is CCCCCC(C)(CC)c1nnc(F)cc1C. The predicted molar refractivity (Wildman–Crippen MR) is 68.5 cm³/mol. The van der Waals surface area contributed by atoms with E-state index in [0.29, 0.717) is 0 Å². The fourth-order valence-electron chi connectivity index (χ4n) is 2.28. The van der Waals surface area contributed by atoms with Crippen LogP contribution in [0.2, 0.25) is 0 Å². The summed E-state index contributed by atoms with van der Waals surface area (Å²) in [5.41, 5.74) is 1.90. The number of rotatable bonds is 6. The summed E-state index contributed by atoms with van der Waals surface area (Å²) in [5.74, 6) is -0.488. The Morgan fingerprint density at radius 1 is 1.24 bits per heavy atom. The Labute approximate surface area is 104 Å². The van der Waals surface area contributed by atoms with Crippen molar-refractivity contribution >= 4 is 0 Å². The topological polar surface area (TPSA) is 25.8 Å². The highest BCUT2D eigenvalue weighted by atomic mass is 19.1. The van der Waals surface area contributed by atoms with Gasteiger partial charge in [-0.05, 0) is 31.4 Å². The first-order valence-electron chi connectivity index (χ1n) is 6.53. The van der Waals surface area contributed by atoms with Gasteiger partial charge >= 0.3 is 0 Å². The van der Waals surface area contributed by atoms with Gasteiger partial charge in [0, 0.05) is 5.41 Å². The second-order valence-electron chi connectivity index (χ2n) is 5.07. The van der Waals surface area contributed by atoms with Gasteiger partial charge in [0.25, 0.3) is 0 Å². The number of aryl methyl sites for hydroxylation is 1. The molecule has 1 aromatic rings. The Morgan fingerprint density at radius 3 is 2.47 bits per heavy atom. The molecule has 3 heteroatoms. The zero-order valence-electron chi connectivity index (χ0n) is 11.4. The highest BCUT2D eigenvalue weighted by molar-refractivity contribution is 5.24. The molecule has 0 bridgehead atoms. The average Bonchev–Trinajstić information content (AvgIpc) is 2.29. The largest absolute Gasteiger partial charge is 0.233 e. The number of aromatic nitrogens is 2. The van der Waals surface area contributed by atoms with Gasteiger partial charge in [0.15, 0.2) is 0 Å². The van der Waals surface area contributed by atoms with Crippen LogP contribution in [-0.2, 0) is 5.41 Å². The molecule has 0 aliphatic heterocycles. The third-order valence-electron chi connectivity index (χ3n) is 3.64. The zero-order chi connectivity index (χ0) is 12.9. The van der Waals surface area contributed by atoms with Gasteiger partial charge < -0.3 is 0 Å². The molecule has 17 heavy (non-hydrogen) atoms. The van der Waals surface area contributed by atoms with Crippen molar-refractivity contribution in [3.63, 3.8) is 0 Å². The Hall–Kier alpha value is -0.990. The maximum atomic E-state index is 13.0. The molecule has 0 aliphatic carbocycles. The van der Waals surface area contributed by atoms with Gasteiger partial charge in [0.1, 0.15) is 0 Å². The van der Waals surface area contributed by atoms with Gasteiger partial charge in [-0.2, -0.15) is 9.49 Å². The molecule has 1 unspecified atom stereocenters. The summed E-state index contributed by atoms with van der Waals surface area (Å²) in [4.78, 5) is 0. The quantitative estimate of drug-likeness (QED) is 0.695. The summed E-state index contributed by atoms with van der Waals surface area (Å²) in [6, 6.07) is 1.48. The van der Waals surface area contributed by atoms with Crippen molar-refractivity contribution in [2.75, 3.05) is 0 Å². The van der Waals surface area contributed by atoms with E-state index in [0.717, 1.165) is 24.1 Å². The predicted octanol–water partition coefficient (Wildman–Crippen LogP) is 4.17. The Kier molecular flexibility index (Phi) is 5.03. The molecule has 96 valence electrons. The Morgan fingerprint density at radius 2 is 1.94 bits per heavy atom. The van der Waals surface area contributed by atoms with Gasteiger partial charge in [0.2, 0.25) is 5.95 Å². The van der Waals surface area contributed by atoms with Crippen molar-refractivity contribution in [1.29, 1.82) is 0 Å². The van der Waals surface area contributed by atoms with E-state index in [1.807, 2.05) is 6.92 Å². The van der Waals surface area contributed by atoms with E-state index in [1.165, 1.54) is 25.3 Å². The molecule has 1 aromatic heterocycles. The first-order chi connectivity index (χ1) is 8.03. The molecule has 0 spiro atoms. The van der Waals surface area contributed by atoms with Crippen molar-refractivity contribution in [2.24, 2.45) is 0 Å². The first kappa shape index (κ1) is 14.1. The summed E-state index contributed by atoms with van der Waals surface area (Å²) < 4.78 is 13.0. The summed E-state index contributed by atoms with van der Waals surface area (Å²) in [5, 5.41) is 7.64. The van der Waals surface area contributed by atoms with Crippen molar-refractivity contribution in [3.8, 4) is 0 Å². The molecule has 0 N–H and O–H groups in total. The van der Waals surface area contributed by atoms with Gasteiger partial charge in [-0.15, -0.1) is 5.10 Å². The normalized spacial score (nSPS) is 14.6. The lowest BCUT2D eigenvalue weighted by molar-refractivity contribution is 0.378. The summed E-state index contributed by atoms with van der Waals surface area (Å²) in [6.45, 7) is 8.49. The van der Waals surface area contributed by atoms with Gasteiger partial charge in [0.05, 0.1) is 5.69 Å². The maximum absolute atomic E-state index is 13.0. The number of hydrogen-bond donors (Lipinski definition) is 0. The van der Waals surface area contributed by atoms with Crippen LogP contribution >= 0.6 is 0 Å². The minimum atomic E-state index is -0.488. The van der Waals surface area contributed by atoms with Crippen LogP contribution in [0.4, 0.5) is 4.39 Å².